The van der Waals surface area contributed by atoms with Crippen molar-refractivity contribution in [2.45, 2.75) is 103 Å². The summed E-state index contributed by atoms with van der Waals surface area (Å²) in [4.78, 5) is 4.21. The fourth-order valence-corrected chi connectivity index (χ4v) is 3.57. The summed E-state index contributed by atoms with van der Waals surface area (Å²) >= 11 is 0. The highest BCUT2D eigenvalue weighted by Crippen LogP contribution is 2.10. The van der Waals surface area contributed by atoms with Crippen molar-refractivity contribution in [3.05, 3.63) is 24.8 Å². The molecule has 0 aromatic rings. The zero-order valence-corrected chi connectivity index (χ0v) is 21.2. The van der Waals surface area contributed by atoms with Crippen LogP contribution in [-0.2, 0) is 0 Å². The second kappa shape index (κ2) is 22.9. The Morgan fingerprint density at radius 2 is 1.37 bits per heavy atom. The number of halogens is 1. The molecule has 0 aliphatic heterocycles. The number of likely N-dealkylation sites (N-methyl/N-ethyl adjacent to an activating group) is 1. The zero-order valence-electron chi connectivity index (χ0n) is 20.4. The number of rotatable bonds is 21. The van der Waals surface area contributed by atoms with E-state index in [9.17, 15) is 5.11 Å². The first-order chi connectivity index (χ1) is 14.0. The summed E-state index contributed by atoms with van der Waals surface area (Å²) in [5.74, 6) is 0.0941. The first-order valence-electron chi connectivity index (χ1n) is 12.3. The Morgan fingerprint density at radius 3 is 1.93 bits per heavy atom. The van der Waals surface area contributed by atoms with Crippen molar-refractivity contribution in [2.24, 2.45) is 4.99 Å². The molecular weight excluding hydrogens is 392 g/mol. The molecule has 0 bridgehead atoms. The predicted molar refractivity (Wildman–Crippen MR) is 136 cm³/mol. The average Bonchev–Trinajstić information content (AvgIpc) is 2.68. The minimum Gasteiger partial charge on any atom is -0.862 e. The van der Waals surface area contributed by atoms with Crippen LogP contribution in [0.4, 0.5) is 0 Å². The Balaban J connectivity index is 0. The van der Waals surface area contributed by atoms with E-state index in [2.05, 4.69) is 44.7 Å². The topological polar surface area (TPSA) is 35.4 Å². The lowest BCUT2D eigenvalue weighted by atomic mass is 10.1. The van der Waals surface area contributed by atoms with Gasteiger partial charge >= 0.3 is 0 Å². The number of hydrogen-bond donors (Lipinski definition) is 0. The van der Waals surface area contributed by atoms with Crippen molar-refractivity contribution < 1.29 is 9.59 Å². The molecule has 0 rings (SSSR count). The first kappa shape index (κ1) is 31.4. The summed E-state index contributed by atoms with van der Waals surface area (Å²) in [5.41, 5.74) is 0. The van der Waals surface area contributed by atoms with E-state index in [0.717, 1.165) is 36.8 Å². The Morgan fingerprint density at radius 1 is 0.833 bits per heavy atom. The van der Waals surface area contributed by atoms with E-state index in [-0.39, 0.29) is 18.3 Å². The van der Waals surface area contributed by atoms with Crippen molar-refractivity contribution in [1.29, 1.82) is 0 Å². The lowest BCUT2D eigenvalue weighted by Crippen LogP contribution is -2.40. The summed E-state index contributed by atoms with van der Waals surface area (Å²) in [7, 11) is 4.38. The van der Waals surface area contributed by atoms with Gasteiger partial charge in [-0.1, -0.05) is 77.0 Å². The lowest BCUT2D eigenvalue weighted by Gasteiger charge is -2.28. The predicted octanol–water partition coefficient (Wildman–Crippen LogP) is 6.86. The molecule has 0 unspecified atom stereocenters. The SMILES string of the molecule is C=CC[N+](C)(C)CCCN=C([O-])CCCCCCC/C=C\CCCCCCCC.Cl. The molecule has 0 spiro atoms. The van der Waals surface area contributed by atoms with E-state index >= 15 is 0 Å². The quantitative estimate of drug-likeness (QED) is 0.0628. The van der Waals surface area contributed by atoms with Gasteiger partial charge in [-0.2, -0.15) is 0 Å². The molecule has 0 aromatic carbocycles. The van der Waals surface area contributed by atoms with E-state index < -0.39 is 0 Å². The van der Waals surface area contributed by atoms with Crippen LogP contribution in [0.2, 0.25) is 0 Å². The van der Waals surface area contributed by atoms with Gasteiger partial charge in [0.05, 0.1) is 27.2 Å². The van der Waals surface area contributed by atoms with Gasteiger partial charge in [0.15, 0.2) is 0 Å². The normalized spacial score (nSPS) is 12.3. The third kappa shape index (κ3) is 23.5. The Bertz CT molecular complexity index is 433. The molecule has 0 heterocycles. The molecule has 0 N–H and O–H groups in total. The average molecular weight is 443 g/mol. The van der Waals surface area contributed by atoms with Crippen molar-refractivity contribution in [3.63, 3.8) is 0 Å². The van der Waals surface area contributed by atoms with Crippen LogP contribution in [-0.4, -0.2) is 44.1 Å². The van der Waals surface area contributed by atoms with Gasteiger partial charge in [-0.15, -0.1) is 12.4 Å². The number of hydrogen-bond acceptors (Lipinski definition) is 2. The highest BCUT2D eigenvalue weighted by Gasteiger charge is 2.10. The van der Waals surface area contributed by atoms with Gasteiger partial charge < -0.3 is 14.6 Å². The summed E-state index contributed by atoms with van der Waals surface area (Å²) in [6, 6.07) is 0. The number of unbranched alkanes of at least 4 members (excludes halogenated alkanes) is 11. The molecule has 0 atom stereocenters. The highest BCUT2D eigenvalue weighted by atomic mass is 35.5. The van der Waals surface area contributed by atoms with Gasteiger partial charge in [-0.25, -0.2) is 0 Å². The van der Waals surface area contributed by atoms with Crippen LogP contribution in [0.15, 0.2) is 29.8 Å². The molecule has 0 amide bonds. The minimum atomic E-state index is 0. The molecule has 0 aromatic heterocycles. The molecule has 30 heavy (non-hydrogen) atoms. The Kier molecular flexibility index (Phi) is 23.9. The summed E-state index contributed by atoms with van der Waals surface area (Å²) in [5, 5.41) is 11.8. The van der Waals surface area contributed by atoms with E-state index in [1.54, 1.807) is 0 Å². The van der Waals surface area contributed by atoms with E-state index in [4.69, 9.17) is 0 Å². The van der Waals surface area contributed by atoms with Gasteiger partial charge in [-0.3, -0.25) is 0 Å². The number of nitrogens with zero attached hydrogens (tertiary/aromatic N) is 2. The maximum Gasteiger partial charge on any atom is 0.0966 e. The molecular formula is C26H51ClN2O. The number of allylic oxidation sites excluding steroid dienone is 2. The van der Waals surface area contributed by atoms with Crippen molar-refractivity contribution in [1.82, 2.24) is 0 Å². The highest BCUT2D eigenvalue weighted by molar-refractivity contribution is 5.85. The molecule has 0 fully saturated rings. The smallest absolute Gasteiger partial charge is 0.0966 e. The summed E-state index contributed by atoms with van der Waals surface area (Å²) in [6.45, 7) is 8.74. The van der Waals surface area contributed by atoms with Crippen LogP contribution in [0.3, 0.4) is 0 Å². The summed E-state index contributed by atoms with van der Waals surface area (Å²) in [6.07, 6.45) is 25.0. The molecule has 0 aliphatic carbocycles. The van der Waals surface area contributed by atoms with Gasteiger partial charge in [-0.05, 0) is 50.5 Å². The van der Waals surface area contributed by atoms with E-state index in [0.29, 0.717) is 13.0 Å². The van der Waals surface area contributed by atoms with Crippen molar-refractivity contribution in [3.8, 4) is 0 Å². The van der Waals surface area contributed by atoms with Crippen LogP contribution < -0.4 is 5.11 Å². The molecule has 0 saturated carbocycles. The number of aliphatic imine (C=N–C) groups is 1. The fraction of sp³-hybridized carbons (Fsp3) is 0.808. The monoisotopic (exact) mass is 442 g/mol. The minimum absolute atomic E-state index is 0. The van der Waals surface area contributed by atoms with Crippen LogP contribution in [0.25, 0.3) is 0 Å². The van der Waals surface area contributed by atoms with Crippen molar-refractivity contribution >= 4 is 18.3 Å². The third-order valence-electron chi connectivity index (χ3n) is 5.49. The van der Waals surface area contributed by atoms with Crippen LogP contribution in [0, 0.1) is 0 Å². The van der Waals surface area contributed by atoms with Crippen LogP contribution in [0.5, 0.6) is 0 Å². The lowest BCUT2D eigenvalue weighted by molar-refractivity contribution is -0.884. The molecule has 0 aliphatic rings. The molecule has 0 radical (unpaired) electrons. The van der Waals surface area contributed by atoms with Gasteiger partial charge in [0.1, 0.15) is 0 Å². The second-order valence-electron chi connectivity index (χ2n) is 9.09. The van der Waals surface area contributed by atoms with Gasteiger partial charge in [0.25, 0.3) is 0 Å². The summed E-state index contributed by atoms with van der Waals surface area (Å²) < 4.78 is 0.918. The number of quaternary nitrogens is 1. The van der Waals surface area contributed by atoms with E-state index in [1.807, 2.05) is 6.08 Å². The van der Waals surface area contributed by atoms with Crippen molar-refractivity contribution in [2.75, 3.05) is 33.7 Å². The molecule has 0 saturated heterocycles. The van der Waals surface area contributed by atoms with Gasteiger partial charge in [0, 0.05) is 13.0 Å². The molecule has 3 nitrogen and oxygen atoms in total. The standard InChI is InChI=1S/C26H50N2O.ClH/c1-5-7-8-9-10-11-12-13-14-15-16-17-18-19-20-22-26(29)27-23-21-25-28(3,4)24-6-2;/h6,13-14H,2,5,7-12,15-25H2,1,3-4H3;1H/b14-13-;. The Labute approximate surface area is 194 Å². The first-order valence-corrected chi connectivity index (χ1v) is 12.3. The Hall–Kier alpha value is -0.800. The zero-order chi connectivity index (χ0) is 21.6. The van der Waals surface area contributed by atoms with Gasteiger partial charge in [0.2, 0.25) is 0 Å². The maximum atomic E-state index is 11.8. The fourth-order valence-electron chi connectivity index (χ4n) is 3.57. The third-order valence-corrected chi connectivity index (χ3v) is 5.49. The van der Waals surface area contributed by atoms with Crippen LogP contribution in [0.1, 0.15) is 103 Å². The second-order valence-corrected chi connectivity index (χ2v) is 9.09. The van der Waals surface area contributed by atoms with Crippen LogP contribution >= 0.6 is 12.4 Å². The van der Waals surface area contributed by atoms with E-state index in [1.165, 1.54) is 70.6 Å². The molecule has 178 valence electrons. The largest absolute Gasteiger partial charge is 0.862 e. The maximum absolute atomic E-state index is 11.8. The molecule has 4 heteroatoms.